The quantitative estimate of drug-likeness (QED) is 0.363. The predicted octanol–water partition coefficient (Wildman–Crippen LogP) is 3.05. The number of hydrogen-bond acceptors (Lipinski definition) is 4. The molecular weight excluding hydrogens is 445 g/mol. The standard InChI is InChI=1S/C15H27N3O2S2.HI/c1-12(13-7-6-9-21-13)18-14(16-4)17-11-15(2,3)8-10-22(5,19)20;/h6-7,9,12H,8,10-11H2,1-5H3,(H2,16,17,18);1H. The topological polar surface area (TPSA) is 70.6 Å². The van der Waals surface area contributed by atoms with Crippen molar-refractivity contribution in [3.63, 3.8) is 0 Å². The van der Waals surface area contributed by atoms with Crippen LogP contribution in [-0.2, 0) is 9.84 Å². The summed E-state index contributed by atoms with van der Waals surface area (Å²) in [5.41, 5.74) is -0.118. The van der Waals surface area contributed by atoms with Crippen LogP contribution in [0.15, 0.2) is 22.5 Å². The minimum Gasteiger partial charge on any atom is -0.356 e. The van der Waals surface area contributed by atoms with Gasteiger partial charge in [-0.2, -0.15) is 0 Å². The molecule has 0 aliphatic rings. The molecule has 0 aliphatic carbocycles. The molecule has 5 nitrogen and oxygen atoms in total. The van der Waals surface area contributed by atoms with Crippen LogP contribution in [0.5, 0.6) is 0 Å². The molecule has 1 heterocycles. The number of hydrogen-bond donors (Lipinski definition) is 2. The van der Waals surface area contributed by atoms with Crippen molar-refractivity contribution in [2.45, 2.75) is 33.2 Å². The van der Waals surface area contributed by atoms with Gasteiger partial charge >= 0.3 is 0 Å². The fourth-order valence-electron chi connectivity index (χ4n) is 1.88. The van der Waals surface area contributed by atoms with E-state index in [4.69, 9.17) is 0 Å². The molecule has 0 spiro atoms. The molecule has 1 rings (SSSR count). The van der Waals surface area contributed by atoms with Gasteiger partial charge < -0.3 is 10.6 Å². The lowest BCUT2D eigenvalue weighted by atomic mass is 9.90. The van der Waals surface area contributed by atoms with E-state index in [1.54, 1.807) is 18.4 Å². The number of rotatable bonds is 7. The highest BCUT2D eigenvalue weighted by Crippen LogP contribution is 2.20. The van der Waals surface area contributed by atoms with Gasteiger partial charge in [0.15, 0.2) is 5.96 Å². The van der Waals surface area contributed by atoms with Crippen molar-refractivity contribution in [1.29, 1.82) is 0 Å². The van der Waals surface area contributed by atoms with Crippen LogP contribution in [0, 0.1) is 5.41 Å². The van der Waals surface area contributed by atoms with Crippen molar-refractivity contribution < 1.29 is 8.42 Å². The molecule has 0 fully saturated rings. The van der Waals surface area contributed by atoms with Crippen LogP contribution >= 0.6 is 35.3 Å². The molecule has 0 aromatic carbocycles. The Morgan fingerprint density at radius 2 is 2.09 bits per heavy atom. The first-order valence-electron chi connectivity index (χ1n) is 7.31. The second-order valence-corrected chi connectivity index (χ2v) is 9.59. The summed E-state index contributed by atoms with van der Waals surface area (Å²) in [6.07, 6.45) is 1.90. The third-order valence-corrected chi connectivity index (χ3v) is 5.43. The van der Waals surface area contributed by atoms with E-state index in [1.165, 1.54) is 11.1 Å². The number of nitrogens with one attached hydrogen (secondary N) is 2. The Hall–Kier alpha value is -0.350. The molecule has 0 aliphatic heterocycles. The van der Waals surface area contributed by atoms with Crippen LogP contribution in [0.4, 0.5) is 0 Å². The largest absolute Gasteiger partial charge is 0.356 e. The maximum absolute atomic E-state index is 11.3. The van der Waals surface area contributed by atoms with Gasteiger partial charge in [0.25, 0.3) is 0 Å². The Morgan fingerprint density at radius 3 is 2.57 bits per heavy atom. The summed E-state index contributed by atoms with van der Waals surface area (Å²) < 4.78 is 22.6. The van der Waals surface area contributed by atoms with Crippen molar-refractivity contribution in [2.24, 2.45) is 10.4 Å². The molecule has 1 unspecified atom stereocenters. The highest BCUT2D eigenvalue weighted by molar-refractivity contribution is 14.0. The molecule has 0 radical (unpaired) electrons. The molecular formula is C15H28IN3O2S2. The Balaban J connectivity index is 0.00000484. The summed E-state index contributed by atoms with van der Waals surface area (Å²) in [6, 6.07) is 4.30. The monoisotopic (exact) mass is 473 g/mol. The number of sulfone groups is 1. The summed E-state index contributed by atoms with van der Waals surface area (Å²) in [5.74, 6) is 0.938. The Bertz CT molecular complexity index is 584. The van der Waals surface area contributed by atoms with E-state index in [0.29, 0.717) is 13.0 Å². The van der Waals surface area contributed by atoms with Crippen molar-refractivity contribution in [3.05, 3.63) is 22.4 Å². The van der Waals surface area contributed by atoms with E-state index in [-0.39, 0.29) is 41.2 Å². The Morgan fingerprint density at radius 1 is 1.43 bits per heavy atom. The molecule has 1 atom stereocenters. The van der Waals surface area contributed by atoms with Crippen LogP contribution in [0.3, 0.4) is 0 Å². The summed E-state index contributed by atoms with van der Waals surface area (Å²) in [6.45, 7) is 6.87. The highest BCUT2D eigenvalue weighted by atomic mass is 127. The SMILES string of the molecule is CN=C(NCC(C)(C)CCS(C)(=O)=O)NC(C)c1cccs1.I. The van der Waals surface area contributed by atoms with Crippen molar-refractivity contribution >= 4 is 51.1 Å². The first-order valence-corrected chi connectivity index (χ1v) is 10.3. The summed E-state index contributed by atoms with van der Waals surface area (Å²) in [7, 11) is -1.19. The first kappa shape index (κ1) is 22.6. The van der Waals surface area contributed by atoms with Gasteiger partial charge in [0.1, 0.15) is 9.84 Å². The summed E-state index contributed by atoms with van der Waals surface area (Å²) in [4.78, 5) is 5.48. The van der Waals surface area contributed by atoms with E-state index < -0.39 is 9.84 Å². The number of halogens is 1. The Kier molecular flexibility index (Phi) is 9.68. The third-order valence-electron chi connectivity index (χ3n) is 3.43. The van der Waals surface area contributed by atoms with Crippen LogP contribution < -0.4 is 10.6 Å². The minimum absolute atomic E-state index is 0. The average molecular weight is 473 g/mol. The van der Waals surface area contributed by atoms with Crippen molar-refractivity contribution in [1.82, 2.24) is 10.6 Å². The molecule has 1 aromatic heterocycles. The zero-order valence-electron chi connectivity index (χ0n) is 14.4. The fourth-order valence-corrected chi connectivity index (χ4v) is 3.54. The number of nitrogens with zero attached hydrogens (tertiary/aromatic N) is 1. The van der Waals surface area contributed by atoms with Crippen molar-refractivity contribution in [2.75, 3.05) is 25.6 Å². The number of aliphatic imine (C=N–C) groups is 1. The Labute approximate surface area is 161 Å². The lowest BCUT2D eigenvalue weighted by molar-refractivity contribution is 0.348. The van der Waals surface area contributed by atoms with E-state index >= 15 is 0 Å². The van der Waals surface area contributed by atoms with Gasteiger partial charge in [-0.1, -0.05) is 19.9 Å². The van der Waals surface area contributed by atoms with Gasteiger partial charge in [-0.15, -0.1) is 35.3 Å². The molecule has 0 amide bonds. The molecule has 134 valence electrons. The predicted molar refractivity (Wildman–Crippen MR) is 111 cm³/mol. The van der Waals surface area contributed by atoms with Crippen LogP contribution in [-0.4, -0.2) is 40.0 Å². The number of thiophene rings is 1. The van der Waals surface area contributed by atoms with Gasteiger partial charge in [0, 0.05) is 24.7 Å². The molecule has 0 bridgehead atoms. The third kappa shape index (κ3) is 9.51. The highest BCUT2D eigenvalue weighted by Gasteiger charge is 2.21. The van der Waals surface area contributed by atoms with Crippen LogP contribution in [0.1, 0.15) is 38.1 Å². The van der Waals surface area contributed by atoms with Gasteiger partial charge in [0.05, 0.1) is 11.8 Å². The lowest BCUT2D eigenvalue weighted by Crippen LogP contribution is -2.43. The summed E-state index contributed by atoms with van der Waals surface area (Å²) in [5, 5.41) is 8.69. The molecule has 23 heavy (non-hydrogen) atoms. The number of guanidine groups is 1. The second kappa shape index (κ2) is 9.83. The lowest BCUT2D eigenvalue weighted by Gasteiger charge is -2.26. The van der Waals surface area contributed by atoms with E-state index in [2.05, 4.69) is 47.8 Å². The van der Waals surface area contributed by atoms with E-state index in [1.807, 2.05) is 6.07 Å². The first-order chi connectivity index (χ1) is 10.1. The van der Waals surface area contributed by atoms with Gasteiger partial charge in [-0.25, -0.2) is 8.42 Å². The maximum Gasteiger partial charge on any atom is 0.191 e. The molecule has 1 aromatic rings. The van der Waals surface area contributed by atoms with Gasteiger partial charge in [0.2, 0.25) is 0 Å². The zero-order chi connectivity index (χ0) is 16.8. The van der Waals surface area contributed by atoms with Gasteiger partial charge in [-0.3, -0.25) is 4.99 Å². The molecule has 0 saturated heterocycles. The molecule has 8 heteroatoms. The minimum atomic E-state index is -2.92. The smallest absolute Gasteiger partial charge is 0.191 e. The normalized spacial score (nSPS) is 14.0. The van der Waals surface area contributed by atoms with Crippen LogP contribution in [0.25, 0.3) is 0 Å². The average Bonchev–Trinajstić information content (AvgIpc) is 2.94. The summed E-state index contributed by atoms with van der Waals surface area (Å²) >= 11 is 1.71. The fraction of sp³-hybridized carbons (Fsp3) is 0.667. The van der Waals surface area contributed by atoms with Crippen molar-refractivity contribution in [3.8, 4) is 0 Å². The van der Waals surface area contributed by atoms with E-state index in [0.717, 1.165) is 5.96 Å². The maximum atomic E-state index is 11.3. The van der Waals surface area contributed by atoms with Crippen LogP contribution in [0.2, 0.25) is 0 Å². The van der Waals surface area contributed by atoms with Gasteiger partial charge in [-0.05, 0) is 30.2 Å². The molecule has 2 N–H and O–H groups in total. The van der Waals surface area contributed by atoms with E-state index in [9.17, 15) is 8.42 Å². The molecule has 0 saturated carbocycles. The zero-order valence-corrected chi connectivity index (χ0v) is 18.4. The second-order valence-electron chi connectivity index (χ2n) is 6.35.